The Morgan fingerprint density at radius 2 is 0.835 bits per heavy atom. The number of hydrogen-bond donors (Lipinski definition) is 26. The minimum absolute atomic E-state index is 0.0206. The standard InChI is InChI=1S/C97H153N25O17/c1-9-10-11-12-13-14-15-16-17-18-19-20-21-22-29-46-104-60(6)83(127)120-81(58(2)3)94(138)112-62(8)85(129)119-77(57-123)92(136)121-82(59(4)5)95(139)122-49-32-40-78(122)93(137)115-73(39-31-48-106-97(102)103)88(132)111-61(7)84(128)114-71(38-30-47-105-96(100)101)86(130)110-56-80(126)113-72(37-27-28-45-98)89(133)116-74(50-63-41-43-66(124)44-42-63)90(134)118-76(52-65-54-108-70-36-26-24-34-68(65)70)91(135)117-75(87(131)109-55-79(99)125)51-64-53-107-69-35-25-23-33-67(64)69/h23-26,33-36,41-44,53-54,58-62,71-78,81-82,104,107-108,123-124H,9-22,27-32,37-40,45-52,55-57,98H2,1-8H3,(H2,99,125)(H,109,131)(H,110,130)(H,111,132)(H,112,138)(H,113,126)(H,114,128)(H,115,137)(H,116,133)(H,117,135)(H,118,134)(H,119,129)(H,120,127)(H,121,136)(H4,100,101,105)(H4,102,103,106)/t60-,61-,62-,71-,72-,73-,74-,75-,76-,77-,78-,81-,82-/m0/s1. The van der Waals surface area contributed by atoms with Crippen molar-refractivity contribution in [2.45, 2.75) is 307 Å². The number of aliphatic hydroxyl groups is 1. The smallest absolute Gasteiger partial charge is 0.246 e. The van der Waals surface area contributed by atoms with Crippen LogP contribution in [0.2, 0.25) is 0 Å². The number of carbonyl (C=O) groups excluding carboxylic acids is 15. The van der Waals surface area contributed by atoms with E-state index < -0.39 is 211 Å². The Labute approximate surface area is 813 Å². The molecule has 1 fully saturated rings. The number of likely N-dealkylation sites (tertiary alicyclic amines) is 1. The first-order valence-electron chi connectivity index (χ1n) is 49.0. The van der Waals surface area contributed by atoms with Crippen molar-refractivity contribution < 1.29 is 82.1 Å². The molecule has 2 aromatic heterocycles. The molecule has 13 atom stereocenters. The molecule has 0 radical (unpaired) electrons. The second-order valence-corrected chi connectivity index (χ2v) is 36.6. The highest BCUT2D eigenvalue weighted by Gasteiger charge is 2.42. The summed E-state index contributed by atoms with van der Waals surface area (Å²) in [6, 6.07) is 2.91. The number of phenols is 1. The third-order valence-electron chi connectivity index (χ3n) is 24.4. The van der Waals surface area contributed by atoms with Crippen molar-refractivity contribution in [2.75, 3.05) is 52.4 Å². The molecular weight excluding hydrogens is 1790 g/mol. The van der Waals surface area contributed by atoms with E-state index >= 15 is 4.79 Å². The predicted molar refractivity (Wildman–Crippen MR) is 529 cm³/mol. The number of rotatable bonds is 66. The van der Waals surface area contributed by atoms with Crippen LogP contribution in [-0.2, 0) is 91.2 Å². The molecule has 3 aromatic carbocycles. The van der Waals surface area contributed by atoms with Gasteiger partial charge in [-0.1, -0.05) is 173 Å². The number of phenolic OH excluding ortho intramolecular Hbond substituents is 1. The van der Waals surface area contributed by atoms with Gasteiger partial charge in [-0.3, -0.25) is 82.7 Å². The van der Waals surface area contributed by atoms with E-state index in [2.05, 4.69) is 102 Å². The maximum atomic E-state index is 15.1. The SMILES string of the molecule is CCCCCCCCCCCCCCCCCN[C@@H](C)C(=O)N[C@H](C(=O)N[C@@H](C)C(=O)N[C@@H](CO)C(=O)N[C@H](C(=O)N1CCC[C@H]1C(=O)N[C@@H](CCCNC(=N)N)C(=O)N[C@@H](C)C(=O)N[C@@H](CCCNC(=N)N)C(=O)NCC(=O)N[C@@H](CCCCN)C(=O)N[C@@H](Cc1ccc(O)cc1)C(=O)N[C@@H](Cc1c[nH]c2ccccc12)C(=O)N[C@@H](Cc1c[nH]c2ccccc12)C(=O)NCC(N)=O)C(C)C)C(C)C. The van der Waals surface area contributed by atoms with E-state index in [-0.39, 0.29) is 96.1 Å². The van der Waals surface area contributed by atoms with Crippen molar-refractivity contribution in [3.8, 4) is 5.75 Å². The van der Waals surface area contributed by atoms with Crippen LogP contribution in [0.25, 0.3) is 21.8 Å². The first-order valence-corrected chi connectivity index (χ1v) is 49.0. The van der Waals surface area contributed by atoms with Crippen molar-refractivity contribution >= 4 is 122 Å². The van der Waals surface area contributed by atoms with E-state index in [0.717, 1.165) is 30.2 Å². The lowest BCUT2D eigenvalue weighted by atomic mass is 10.00. The van der Waals surface area contributed by atoms with Crippen LogP contribution in [-0.4, -0.2) is 257 Å². The number of nitrogens with two attached hydrogens (primary N) is 4. The largest absolute Gasteiger partial charge is 0.508 e. The van der Waals surface area contributed by atoms with Gasteiger partial charge in [0.1, 0.15) is 78.3 Å². The number of aliphatic hydroxyl groups excluding tert-OH is 1. The van der Waals surface area contributed by atoms with Crippen molar-refractivity contribution in [1.29, 1.82) is 10.8 Å². The number of nitrogens with zero attached hydrogens (tertiary/aromatic N) is 1. The monoisotopic (exact) mass is 1940 g/mol. The first kappa shape index (κ1) is 115. The fourth-order valence-corrected chi connectivity index (χ4v) is 16.3. The van der Waals surface area contributed by atoms with Crippen LogP contribution >= 0.6 is 0 Å². The number of aromatic hydroxyl groups is 1. The van der Waals surface area contributed by atoms with Gasteiger partial charge in [0.2, 0.25) is 88.6 Å². The molecule has 0 bridgehead atoms. The average Bonchev–Trinajstić information content (AvgIpc) is 1.72. The molecule has 3 heterocycles. The Morgan fingerprint density at radius 1 is 0.417 bits per heavy atom. The van der Waals surface area contributed by atoms with Crippen LogP contribution < -0.4 is 108 Å². The molecule has 30 N–H and O–H groups in total. The molecule has 42 heteroatoms. The first-order chi connectivity index (χ1) is 66.4. The van der Waals surface area contributed by atoms with Gasteiger partial charge in [0, 0.05) is 73.1 Å². The number of carbonyl (C=O) groups is 15. The Hall–Kier alpha value is -13.0. The molecule has 15 amide bonds. The average molecular weight is 1940 g/mol. The van der Waals surface area contributed by atoms with Crippen molar-refractivity contribution in [2.24, 2.45) is 34.8 Å². The predicted octanol–water partition coefficient (Wildman–Crippen LogP) is 1.27. The molecule has 139 heavy (non-hydrogen) atoms. The number of fused-ring (bicyclic) bond motifs is 2. The Balaban J connectivity index is 1.08. The summed E-state index contributed by atoms with van der Waals surface area (Å²) in [4.78, 5) is 220. The molecule has 1 saturated heterocycles. The van der Waals surface area contributed by atoms with Crippen LogP contribution in [0.5, 0.6) is 5.75 Å². The highest BCUT2D eigenvalue weighted by molar-refractivity contribution is 6.01. The number of amides is 15. The van der Waals surface area contributed by atoms with Crippen LogP contribution in [0.4, 0.5) is 0 Å². The zero-order valence-electron chi connectivity index (χ0n) is 81.8. The summed E-state index contributed by atoms with van der Waals surface area (Å²) in [6.07, 6.45) is 22.2. The lowest BCUT2D eigenvalue weighted by Gasteiger charge is -2.32. The number of unbranched alkanes of at least 4 members (excludes halogenated alkanes) is 15. The summed E-state index contributed by atoms with van der Waals surface area (Å²) in [5, 5.41) is 80.3. The third kappa shape index (κ3) is 40.5. The van der Waals surface area contributed by atoms with Crippen molar-refractivity contribution in [3.05, 3.63) is 102 Å². The van der Waals surface area contributed by atoms with E-state index in [1.807, 2.05) is 24.3 Å². The summed E-state index contributed by atoms with van der Waals surface area (Å²) in [5.74, 6) is -14.3. The zero-order valence-corrected chi connectivity index (χ0v) is 81.8. The van der Waals surface area contributed by atoms with Gasteiger partial charge in [0.05, 0.1) is 25.7 Å². The van der Waals surface area contributed by atoms with Crippen LogP contribution in [0.3, 0.4) is 0 Å². The van der Waals surface area contributed by atoms with Crippen LogP contribution in [0.1, 0.15) is 226 Å². The van der Waals surface area contributed by atoms with E-state index in [1.165, 1.54) is 120 Å². The molecule has 6 rings (SSSR count). The Bertz CT molecular complexity index is 4830. The third-order valence-corrected chi connectivity index (χ3v) is 24.4. The van der Waals surface area contributed by atoms with Gasteiger partial charge in [-0.05, 0) is 151 Å². The molecule has 768 valence electrons. The molecule has 0 saturated carbocycles. The number of H-pyrrole nitrogens is 2. The molecule has 1 aliphatic rings. The second kappa shape index (κ2) is 61.4. The van der Waals surface area contributed by atoms with Gasteiger partial charge in [0.25, 0.3) is 0 Å². The maximum absolute atomic E-state index is 15.1. The second-order valence-electron chi connectivity index (χ2n) is 36.6. The lowest BCUT2D eigenvalue weighted by molar-refractivity contribution is -0.143. The molecule has 5 aromatic rings. The zero-order chi connectivity index (χ0) is 102. The number of nitrogens with one attached hydrogen (secondary N) is 20. The summed E-state index contributed by atoms with van der Waals surface area (Å²) in [5.41, 5.74) is 25.5. The van der Waals surface area contributed by atoms with Gasteiger partial charge in [-0.15, -0.1) is 0 Å². The van der Waals surface area contributed by atoms with Gasteiger partial charge in [-0.25, -0.2) is 0 Å². The summed E-state index contributed by atoms with van der Waals surface area (Å²) in [7, 11) is 0. The highest BCUT2D eigenvalue weighted by Crippen LogP contribution is 2.25. The van der Waals surface area contributed by atoms with Crippen LogP contribution in [0, 0.1) is 22.7 Å². The minimum Gasteiger partial charge on any atom is -0.508 e. The van der Waals surface area contributed by atoms with E-state index in [0.29, 0.717) is 47.0 Å². The minimum atomic E-state index is -1.64. The normalized spacial score (nSPS) is 15.0. The number of aromatic nitrogens is 2. The van der Waals surface area contributed by atoms with Gasteiger partial charge in [0.15, 0.2) is 11.9 Å². The number of para-hydroxylation sites is 2. The number of primary amides is 1. The molecule has 0 aliphatic carbocycles. The summed E-state index contributed by atoms with van der Waals surface area (Å²) in [6.45, 7) is 11.9. The van der Waals surface area contributed by atoms with E-state index in [1.54, 1.807) is 71.3 Å². The van der Waals surface area contributed by atoms with Crippen LogP contribution in [0.15, 0.2) is 85.2 Å². The van der Waals surface area contributed by atoms with E-state index in [9.17, 15) is 77.3 Å². The quantitative estimate of drug-likeness (QED) is 0.0148. The fourth-order valence-electron chi connectivity index (χ4n) is 16.3. The number of hydrogen-bond acceptors (Lipinski definition) is 21. The van der Waals surface area contributed by atoms with Gasteiger partial charge in [-0.2, -0.15) is 0 Å². The van der Waals surface area contributed by atoms with Gasteiger partial charge >= 0.3 is 0 Å². The fraction of sp³-hybridized carbons (Fsp3) is 0.598. The molecule has 42 nitrogen and oxygen atoms in total. The molecule has 0 unspecified atom stereocenters. The molecule has 1 aliphatic heterocycles. The molecular formula is C97H153N25O17. The summed E-state index contributed by atoms with van der Waals surface area (Å²) >= 11 is 0. The molecule has 0 spiro atoms. The number of aromatic amines is 2. The Kier molecular flexibility index (Phi) is 50.6. The van der Waals surface area contributed by atoms with Crippen molar-refractivity contribution in [3.63, 3.8) is 0 Å². The van der Waals surface area contributed by atoms with Crippen molar-refractivity contribution in [1.82, 2.24) is 99.9 Å². The van der Waals surface area contributed by atoms with E-state index in [4.69, 9.17) is 33.8 Å². The number of benzene rings is 3. The highest BCUT2D eigenvalue weighted by atomic mass is 16.3. The van der Waals surface area contributed by atoms with Gasteiger partial charge < -0.3 is 133 Å². The maximum Gasteiger partial charge on any atom is 0.246 e. The topological polar surface area (TPSA) is 676 Å². The number of guanidine groups is 2. The Morgan fingerprint density at radius 3 is 1.34 bits per heavy atom. The lowest BCUT2D eigenvalue weighted by Crippen LogP contribution is -2.61. The summed E-state index contributed by atoms with van der Waals surface area (Å²) < 4.78 is 0.